The molecule has 0 fully saturated rings. The largest absolute Gasteiger partial charge is 0.452 e. The highest BCUT2D eigenvalue weighted by atomic mass is 79.9. The predicted molar refractivity (Wildman–Crippen MR) is 81.4 cm³/mol. The van der Waals surface area contributed by atoms with E-state index in [9.17, 15) is 9.59 Å². The van der Waals surface area contributed by atoms with E-state index in [1.807, 2.05) is 13.8 Å². The summed E-state index contributed by atoms with van der Waals surface area (Å²) < 4.78 is 5.68. The van der Waals surface area contributed by atoms with Crippen molar-refractivity contribution in [3.63, 3.8) is 0 Å². The van der Waals surface area contributed by atoms with E-state index in [0.717, 1.165) is 4.47 Å². The number of nitrogens with zero attached hydrogens (tertiary/aromatic N) is 1. The molecule has 0 aliphatic rings. The first kappa shape index (κ1) is 17.2. The Kier molecular flexibility index (Phi) is 5.91. The van der Waals surface area contributed by atoms with Crippen molar-refractivity contribution < 1.29 is 14.3 Å². The van der Waals surface area contributed by atoms with Crippen LogP contribution in [0.1, 0.15) is 31.1 Å². The average molecular weight is 353 g/mol. The minimum absolute atomic E-state index is 0.0627. The quantitative estimate of drug-likeness (QED) is 0.826. The zero-order valence-corrected chi connectivity index (χ0v) is 13.7. The number of hydrogen-bond acceptors (Lipinski definition) is 4. The number of ether oxygens (including phenoxy) is 1. The molecule has 0 bridgehead atoms. The molecular formula is C15H17BrN2O3. The van der Waals surface area contributed by atoms with Gasteiger partial charge in [0.05, 0.1) is 11.6 Å². The third-order valence-corrected chi connectivity index (χ3v) is 3.67. The fourth-order valence-corrected chi connectivity index (χ4v) is 1.86. The summed E-state index contributed by atoms with van der Waals surface area (Å²) >= 11 is 3.25. The van der Waals surface area contributed by atoms with Crippen molar-refractivity contribution in [1.29, 1.82) is 5.26 Å². The molecule has 1 aromatic carbocycles. The normalized spacial score (nSPS) is 13.1. The Morgan fingerprint density at radius 3 is 2.67 bits per heavy atom. The Bertz CT molecular complexity index is 581. The lowest BCUT2D eigenvalue weighted by Gasteiger charge is -2.27. The highest BCUT2D eigenvalue weighted by Gasteiger charge is 2.30. The summed E-state index contributed by atoms with van der Waals surface area (Å²) in [7, 11) is 0. The van der Waals surface area contributed by atoms with Crippen LogP contribution >= 0.6 is 15.9 Å². The van der Waals surface area contributed by atoms with Gasteiger partial charge in [0.15, 0.2) is 6.61 Å². The molecular weight excluding hydrogens is 336 g/mol. The standard InChI is InChI=1S/C15H17BrN2O3/c1-10(2)15(3,9-17)18-13(19)8-21-14(20)11-5-4-6-12(16)7-11/h4-7,10H,8H2,1-3H3,(H,18,19)/t15-/m1/s1. The van der Waals surface area contributed by atoms with E-state index in [1.54, 1.807) is 31.2 Å². The first-order valence-corrected chi connectivity index (χ1v) is 7.22. The number of nitriles is 1. The molecule has 6 heteroatoms. The fraction of sp³-hybridized carbons (Fsp3) is 0.400. The maximum atomic E-state index is 11.8. The number of carbonyl (C=O) groups is 2. The Balaban J connectivity index is 2.58. The average Bonchev–Trinajstić information content (AvgIpc) is 2.44. The second kappa shape index (κ2) is 7.23. The Labute approximate surface area is 132 Å². The molecule has 21 heavy (non-hydrogen) atoms. The van der Waals surface area contributed by atoms with Gasteiger partial charge in [-0.3, -0.25) is 4.79 Å². The van der Waals surface area contributed by atoms with Gasteiger partial charge in [-0.1, -0.05) is 35.8 Å². The number of hydrogen-bond donors (Lipinski definition) is 1. The van der Waals surface area contributed by atoms with Gasteiger partial charge in [-0.05, 0) is 31.0 Å². The number of halogens is 1. The van der Waals surface area contributed by atoms with E-state index in [2.05, 4.69) is 27.3 Å². The minimum atomic E-state index is -0.987. The first-order chi connectivity index (χ1) is 9.78. The van der Waals surface area contributed by atoms with Crippen LogP contribution in [0.4, 0.5) is 0 Å². The smallest absolute Gasteiger partial charge is 0.338 e. The zero-order chi connectivity index (χ0) is 16.0. The molecule has 0 radical (unpaired) electrons. The van der Waals surface area contributed by atoms with Crippen LogP contribution in [-0.4, -0.2) is 24.0 Å². The predicted octanol–water partition coefficient (Wildman–Crippen LogP) is 2.66. The molecule has 0 aliphatic heterocycles. The molecule has 1 rings (SSSR count). The van der Waals surface area contributed by atoms with Crippen molar-refractivity contribution in [3.05, 3.63) is 34.3 Å². The van der Waals surface area contributed by atoms with Gasteiger partial charge in [-0.2, -0.15) is 5.26 Å². The zero-order valence-electron chi connectivity index (χ0n) is 12.1. The third kappa shape index (κ3) is 4.87. The molecule has 1 aromatic rings. The summed E-state index contributed by atoms with van der Waals surface area (Å²) in [4.78, 5) is 23.6. The van der Waals surface area contributed by atoms with E-state index < -0.39 is 24.0 Å². The van der Waals surface area contributed by atoms with Crippen molar-refractivity contribution in [3.8, 4) is 6.07 Å². The first-order valence-electron chi connectivity index (χ1n) is 6.43. The van der Waals surface area contributed by atoms with E-state index in [1.165, 1.54) is 0 Å². The summed E-state index contributed by atoms with van der Waals surface area (Å²) in [6.45, 7) is 4.87. The maximum absolute atomic E-state index is 11.8. The molecule has 0 unspecified atom stereocenters. The molecule has 0 saturated heterocycles. The molecule has 0 heterocycles. The fourth-order valence-electron chi connectivity index (χ4n) is 1.46. The summed E-state index contributed by atoms with van der Waals surface area (Å²) in [5, 5.41) is 11.7. The lowest BCUT2D eigenvalue weighted by atomic mass is 9.90. The van der Waals surface area contributed by atoms with Crippen molar-refractivity contribution in [2.45, 2.75) is 26.3 Å². The van der Waals surface area contributed by atoms with Gasteiger partial charge in [-0.15, -0.1) is 0 Å². The van der Waals surface area contributed by atoms with Crippen LogP contribution in [0.25, 0.3) is 0 Å². The van der Waals surface area contributed by atoms with Gasteiger partial charge in [0.25, 0.3) is 5.91 Å². The van der Waals surface area contributed by atoms with Gasteiger partial charge in [0.1, 0.15) is 5.54 Å². The Hall–Kier alpha value is -1.87. The van der Waals surface area contributed by atoms with Crippen LogP contribution in [0, 0.1) is 17.2 Å². The van der Waals surface area contributed by atoms with Crippen LogP contribution < -0.4 is 5.32 Å². The van der Waals surface area contributed by atoms with Gasteiger partial charge >= 0.3 is 5.97 Å². The number of esters is 1. The summed E-state index contributed by atoms with van der Waals surface area (Å²) in [5.41, 5.74) is -0.636. The molecule has 1 N–H and O–H groups in total. The molecule has 1 atom stereocenters. The van der Waals surface area contributed by atoms with Crippen molar-refractivity contribution in [1.82, 2.24) is 5.32 Å². The summed E-state index contributed by atoms with van der Waals surface area (Å²) in [6, 6.07) is 8.74. The lowest BCUT2D eigenvalue weighted by Crippen LogP contribution is -2.50. The van der Waals surface area contributed by atoms with E-state index in [-0.39, 0.29) is 5.92 Å². The van der Waals surface area contributed by atoms with Crippen molar-refractivity contribution >= 4 is 27.8 Å². The number of rotatable bonds is 5. The molecule has 0 spiro atoms. The number of benzene rings is 1. The summed E-state index contributed by atoms with van der Waals surface area (Å²) in [6.07, 6.45) is 0. The van der Waals surface area contributed by atoms with Crippen molar-refractivity contribution in [2.24, 2.45) is 5.92 Å². The number of amides is 1. The van der Waals surface area contributed by atoms with E-state index in [4.69, 9.17) is 10.00 Å². The highest BCUT2D eigenvalue weighted by molar-refractivity contribution is 9.10. The van der Waals surface area contributed by atoms with Gasteiger partial charge in [-0.25, -0.2) is 4.79 Å². The molecule has 112 valence electrons. The Morgan fingerprint density at radius 1 is 1.48 bits per heavy atom. The van der Waals surface area contributed by atoms with E-state index >= 15 is 0 Å². The minimum Gasteiger partial charge on any atom is -0.452 e. The van der Waals surface area contributed by atoms with Gasteiger partial charge in [0, 0.05) is 4.47 Å². The molecule has 5 nitrogen and oxygen atoms in total. The number of nitrogens with one attached hydrogen (secondary N) is 1. The number of carbonyl (C=O) groups excluding carboxylic acids is 2. The Morgan fingerprint density at radius 2 is 2.14 bits per heavy atom. The van der Waals surface area contributed by atoms with Gasteiger partial charge in [0.2, 0.25) is 0 Å². The topological polar surface area (TPSA) is 79.2 Å². The van der Waals surface area contributed by atoms with Crippen LogP contribution in [0.5, 0.6) is 0 Å². The maximum Gasteiger partial charge on any atom is 0.338 e. The van der Waals surface area contributed by atoms with Crippen LogP contribution in [0.3, 0.4) is 0 Å². The molecule has 0 saturated carbocycles. The molecule has 0 aliphatic carbocycles. The second-order valence-corrected chi connectivity index (χ2v) is 6.02. The van der Waals surface area contributed by atoms with Crippen LogP contribution in [-0.2, 0) is 9.53 Å². The third-order valence-electron chi connectivity index (χ3n) is 3.18. The second-order valence-electron chi connectivity index (χ2n) is 5.10. The van der Waals surface area contributed by atoms with Crippen molar-refractivity contribution in [2.75, 3.05) is 6.61 Å². The van der Waals surface area contributed by atoms with Crippen LogP contribution in [0.15, 0.2) is 28.7 Å². The lowest BCUT2D eigenvalue weighted by molar-refractivity contribution is -0.125. The van der Waals surface area contributed by atoms with E-state index in [0.29, 0.717) is 5.56 Å². The summed E-state index contributed by atoms with van der Waals surface area (Å²) in [5.74, 6) is -1.15. The molecule has 1 amide bonds. The SMILES string of the molecule is CC(C)[C@@](C)(C#N)NC(=O)COC(=O)c1cccc(Br)c1. The van der Waals surface area contributed by atoms with Gasteiger partial charge < -0.3 is 10.1 Å². The van der Waals surface area contributed by atoms with Crippen LogP contribution in [0.2, 0.25) is 0 Å². The highest BCUT2D eigenvalue weighted by Crippen LogP contribution is 2.15. The molecule has 0 aromatic heterocycles. The monoisotopic (exact) mass is 352 g/mol.